The molecule has 7 heteroatoms. The van der Waals surface area contributed by atoms with Gasteiger partial charge in [0.25, 0.3) is 0 Å². The lowest BCUT2D eigenvalue weighted by molar-refractivity contribution is 0.101. The summed E-state index contributed by atoms with van der Waals surface area (Å²) in [6, 6.07) is 5.07. The van der Waals surface area contributed by atoms with E-state index in [2.05, 4.69) is 4.98 Å². The summed E-state index contributed by atoms with van der Waals surface area (Å²) in [6.45, 7) is 1.73. The van der Waals surface area contributed by atoms with E-state index in [0.29, 0.717) is 11.1 Å². The maximum absolute atomic E-state index is 11.3. The number of Topliss-reactive ketones (excluding diaryl/α,β-unsaturated/α-hetero) is 1. The molecule has 2 aromatic rings. The molecule has 0 saturated carbocycles. The van der Waals surface area contributed by atoms with Gasteiger partial charge in [-0.05, 0) is 25.1 Å². The number of sulfone groups is 1. The first-order valence-electron chi connectivity index (χ1n) is 5.72. The minimum atomic E-state index is -3.07. The third-order valence-electron chi connectivity index (χ3n) is 2.87. The molecule has 0 atom stereocenters. The minimum absolute atomic E-state index is 0.00286. The highest BCUT2D eigenvalue weighted by Crippen LogP contribution is 2.19. The monoisotopic (exact) mass is 281 g/mol. The first-order valence-corrected chi connectivity index (χ1v) is 7.78. The minimum Gasteiger partial charge on any atom is -0.369 e. The number of fused-ring (bicyclic) bond motifs is 1. The lowest BCUT2D eigenvalue weighted by atomic mass is 10.1. The molecule has 0 bridgehead atoms. The summed E-state index contributed by atoms with van der Waals surface area (Å²) in [7, 11) is -3.07. The fraction of sp³-hybridized carbons (Fsp3) is 0.333. The van der Waals surface area contributed by atoms with Crippen molar-refractivity contribution in [1.29, 1.82) is 0 Å². The first-order chi connectivity index (χ1) is 8.78. The van der Waals surface area contributed by atoms with Crippen LogP contribution in [0.1, 0.15) is 17.3 Å². The van der Waals surface area contributed by atoms with Crippen LogP contribution < -0.4 is 5.73 Å². The van der Waals surface area contributed by atoms with Crippen molar-refractivity contribution in [2.45, 2.75) is 13.5 Å². The van der Waals surface area contributed by atoms with Gasteiger partial charge >= 0.3 is 0 Å². The molecule has 19 heavy (non-hydrogen) atoms. The Morgan fingerprint density at radius 2 is 2.11 bits per heavy atom. The van der Waals surface area contributed by atoms with Gasteiger partial charge in [0, 0.05) is 18.4 Å². The number of anilines is 1. The van der Waals surface area contributed by atoms with Crippen LogP contribution in [0.3, 0.4) is 0 Å². The van der Waals surface area contributed by atoms with Gasteiger partial charge in [-0.2, -0.15) is 0 Å². The second-order valence-electron chi connectivity index (χ2n) is 4.51. The number of aryl methyl sites for hydroxylation is 1. The highest BCUT2D eigenvalue weighted by atomic mass is 32.2. The Morgan fingerprint density at radius 1 is 1.42 bits per heavy atom. The van der Waals surface area contributed by atoms with E-state index >= 15 is 0 Å². The number of carbonyl (C=O) groups is 1. The zero-order valence-electron chi connectivity index (χ0n) is 10.8. The van der Waals surface area contributed by atoms with E-state index in [1.807, 2.05) is 0 Å². The Morgan fingerprint density at radius 3 is 2.68 bits per heavy atom. The number of nitrogens with two attached hydrogens (primary N) is 1. The van der Waals surface area contributed by atoms with Crippen molar-refractivity contribution >= 4 is 32.6 Å². The third kappa shape index (κ3) is 2.93. The summed E-state index contributed by atoms with van der Waals surface area (Å²) >= 11 is 0. The van der Waals surface area contributed by atoms with Crippen molar-refractivity contribution in [3.63, 3.8) is 0 Å². The molecule has 1 aromatic carbocycles. The normalized spacial score (nSPS) is 11.9. The number of nitrogen functional groups attached to an aromatic ring is 1. The molecule has 0 aliphatic rings. The summed E-state index contributed by atoms with van der Waals surface area (Å²) in [5, 5.41) is 0. The average molecular weight is 281 g/mol. The standard InChI is InChI=1S/C12H15N3O3S/c1-8(16)9-3-4-11-10(7-9)14-12(13)15(11)5-6-19(2,17)18/h3-4,7H,5-6H2,1-2H3,(H2,13,14). The summed E-state index contributed by atoms with van der Waals surface area (Å²) in [4.78, 5) is 15.4. The largest absolute Gasteiger partial charge is 0.369 e. The zero-order valence-corrected chi connectivity index (χ0v) is 11.6. The Kier molecular flexibility index (Phi) is 3.32. The number of imidazole rings is 1. The van der Waals surface area contributed by atoms with Gasteiger partial charge in [0.2, 0.25) is 5.95 Å². The van der Waals surface area contributed by atoms with Crippen molar-refractivity contribution < 1.29 is 13.2 Å². The number of carbonyl (C=O) groups excluding carboxylic acids is 1. The maximum Gasteiger partial charge on any atom is 0.201 e. The average Bonchev–Trinajstić information content (AvgIpc) is 2.59. The highest BCUT2D eigenvalue weighted by molar-refractivity contribution is 7.90. The molecule has 0 radical (unpaired) electrons. The molecule has 6 nitrogen and oxygen atoms in total. The molecule has 102 valence electrons. The maximum atomic E-state index is 11.3. The fourth-order valence-electron chi connectivity index (χ4n) is 1.86. The van der Waals surface area contributed by atoms with Crippen LogP contribution in [0.25, 0.3) is 11.0 Å². The molecule has 1 heterocycles. The summed E-state index contributed by atoms with van der Waals surface area (Å²) < 4.78 is 24.0. The fourth-order valence-corrected chi connectivity index (χ4v) is 2.37. The Bertz CT molecular complexity index is 747. The van der Waals surface area contributed by atoms with Crippen LogP contribution in [0.15, 0.2) is 18.2 Å². The van der Waals surface area contributed by atoms with Crippen molar-refractivity contribution in [3.05, 3.63) is 23.8 Å². The van der Waals surface area contributed by atoms with Crippen LogP contribution in [0.5, 0.6) is 0 Å². The van der Waals surface area contributed by atoms with Crippen molar-refractivity contribution in [2.75, 3.05) is 17.7 Å². The lowest BCUT2D eigenvalue weighted by Crippen LogP contribution is -2.12. The van der Waals surface area contributed by atoms with Gasteiger partial charge in [-0.1, -0.05) is 0 Å². The van der Waals surface area contributed by atoms with Gasteiger partial charge in [-0.3, -0.25) is 4.79 Å². The molecule has 0 spiro atoms. The molecule has 0 saturated heterocycles. The third-order valence-corrected chi connectivity index (χ3v) is 3.79. The van der Waals surface area contributed by atoms with E-state index in [1.54, 1.807) is 22.8 Å². The number of benzene rings is 1. The number of hydrogen-bond acceptors (Lipinski definition) is 5. The molecule has 0 aliphatic heterocycles. The van der Waals surface area contributed by atoms with E-state index in [9.17, 15) is 13.2 Å². The first kappa shape index (κ1) is 13.5. The number of aromatic nitrogens is 2. The van der Waals surface area contributed by atoms with Crippen LogP contribution >= 0.6 is 0 Å². The van der Waals surface area contributed by atoms with Crippen molar-refractivity contribution in [1.82, 2.24) is 9.55 Å². The predicted octanol–water partition coefficient (Wildman–Crippen LogP) is 0.866. The van der Waals surface area contributed by atoms with Crippen LogP contribution in [-0.2, 0) is 16.4 Å². The van der Waals surface area contributed by atoms with Crippen LogP contribution in [-0.4, -0.2) is 35.8 Å². The molecular formula is C12H15N3O3S. The Labute approximate surface area is 111 Å². The van der Waals surface area contributed by atoms with Gasteiger partial charge in [0.1, 0.15) is 9.84 Å². The van der Waals surface area contributed by atoms with Gasteiger partial charge in [-0.25, -0.2) is 13.4 Å². The van der Waals surface area contributed by atoms with Gasteiger partial charge in [0.05, 0.1) is 16.8 Å². The molecule has 2 N–H and O–H groups in total. The van der Waals surface area contributed by atoms with Crippen LogP contribution in [0.4, 0.5) is 5.95 Å². The number of ketones is 1. The Balaban J connectivity index is 2.45. The SMILES string of the molecule is CC(=O)c1ccc2c(c1)nc(N)n2CCS(C)(=O)=O. The highest BCUT2D eigenvalue weighted by Gasteiger charge is 2.12. The topological polar surface area (TPSA) is 95.1 Å². The molecule has 0 aliphatic carbocycles. The van der Waals surface area contributed by atoms with E-state index in [1.165, 1.54) is 13.2 Å². The zero-order chi connectivity index (χ0) is 14.2. The quantitative estimate of drug-likeness (QED) is 0.839. The second kappa shape index (κ2) is 4.65. The van der Waals surface area contributed by atoms with Crippen molar-refractivity contribution in [2.24, 2.45) is 0 Å². The van der Waals surface area contributed by atoms with Gasteiger partial charge in [-0.15, -0.1) is 0 Å². The summed E-state index contributed by atoms with van der Waals surface area (Å²) in [5.74, 6) is 0.197. The smallest absolute Gasteiger partial charge is 0.201 e. The van der Waals surface area contributed by atoms with Crippen molar-refractivity contribution in [3.8, 4) is 0 Å². The number of hydrogen-bond donors (Lipinski definition) is 1. The Hall–Kier alpha value is -1.89. The molecule has 1 aromatic heterocycles. The van der Waals surface area contributed by atoms with E-state index < -0.39 is 9.84 Å². The summed E-state index contributed by atoms with van der Waals surface area (Å²) in [5.41, 5.74) is 7.66. The number of rotatable bonds is 4. The van der Waals surface area contributed by atoms with Gasteiger partial charge < -0.3 is 10.3 Å². The van der Waals surface area contributed by atoms with Crippen LogP contribution in [0.2, 0.25) is 0 Å². The van der Waals surface area contributed by atoms with E-state index in [0.717, 1.165) is 5.52 Å². The number of nitrogens with zero attached hydrogens (tertiary/aromatic N) is 2. The molecule has 0 unspecified atom stereocenters. The molecule has 2 rings (SSSR count). The van der Waals surface area contributed by atoms with Gasteiger partial charge in [0.15, 0.2) is 5.78 Å². The second-order valence-corrected chi connectivity index (χ2v) is 6.77. The van der Waals surface area contributed by atoms with Crippen LogP contribution in [0, 0.1) is 0 Å². The van der Waals surface area contributed by atoms with E-state index in [-0.39, 0.29) is 24.0 Å². The van der Waals surface area contributed by atoms with E-state index in [4.69, 9.17) is 5.73 Å². The molecule has 0 amide bonds. The lowest BCUT2D eigenvalue weighted by Gasteiger charge is -2.05. The predicted molar refractivity (Wildman–Crippen MR) is 73.9 cm³/mol. The molecular weight excluding hydrogens is 266 g/mol. The summed E-state index contributed by atoms with van der Waals surface area (Å²) in [6.07, 6.45) is 1.18. The molecule has 0 fully saturated rings.